The second-order valence-corrected chi connectivity index (χ2v) is 2.80. The molecule has 1 aliphatic rings. The Kier molecular flexibility index (Phi) is 1.47. The molecule has 0 fully saturated rings. The Hall–Kier alpha value is -0.260. The quantitative estimate of drug-likeness (QED) is 0.511. The van der Waals surface area contributed by atoms with E-state index < -0.39 is 28.1 Å². The summed E-state index contributed by atoms with van der Waals surface area (Å²) in [5, 5.41) is -5.85. The maximum atomic E-state index is 11.9. The smallest absolute Gasteiger partial charge is 0.199 e. The number of halogens is 5. The molecule has 0 bridgehead atoms. The third kappa shape index (κ3) is 1.00. The van der Waals surface area contributed by atoms with Gasteiger partial charge in [0.15, 0.2) is 5.16 Å². The SMILES string of the molecule is FC1=CC(F)(F)C(F)(F)S1. The molecule has 0 saturated heterocycles. The molecule has 0 aromatic heterocycles. The van der Waals surface area contributed by atoms with Crippen molar-refractivity contribution >= 4 is 11.8 Å². The van der Waals surface area contributed by atoms with Crippen molar-refractivity contribution in [2.24, 2.45) is 0 Å². The molecule has 0 aromatic carbocycles. The fourth-order valence-electron chi connectivity index (χ4n) is 0.446. The molecule has 0 aliphatic carbocycles. The number of hydrogen-bond acceptors (Lipinski definition) is 1. The van der Waals surface area contributed by atoms with Crippen molar-refractivity contribution < 1.29 is 22.0 Å². The van der Waals surface area contributed by atoms with Gasteiger partial charge in [0.2, 0.25) is 0 Å². The normalized spacial score (nSPS) is 28.3. The summed E-state index contributed by atoms with van der Waals surface area (Å²) in [4.78, 5) is 0. The van der Waals surface area contributed by atoms with Crippen LogP contribution in [-0.2, 0) is 0 Å². The Morgan fingerprint density at radius 2 is 1.70 bits per heavy atom. The van der Waals surface area contributed by atoms with Gasteiger partial charge in [0.05, 0.1) is 0 Å². The molecule has 6 heteroatoms. The van der Waals surface area contributed by atoms with Crippen LogP contribution in [0.2, 0.25) is 0 Å². The summed E-state index contributed by atoms with van der Waals surface area (Å²) in [6, 6.07) is 0. The van der Waals surface area contributed by atoms with E-state index in [2.05, 4.69) is 0 Å². The van der Waals surface area contributed by atoms with Crippen molar-refractivity contribution in [3.8, 4) is 0 Å². The Balaban J connectivity index is 2.92. The van der Waals surface area contributed by atoms with Gasteiger partial charge in [0, 0.05) is 6.08 Å². The van der Waals surface area contributed by atoms with Gasteiger partial charge < -0.3 is 0 Å². The number of alkyl halides is 4. The molecule has 0 nitrogen and oxygen atoms in total. The molecule has 0 atom stereocenters. The minimum absolute atomic E-state index is 0.377. The number of rotatable bonds is 0. The van der Waals surface area contributed by atoms with Gasteiger partial charge in [0.25, 0.3) is 0 Å². The average Bonchev–Trinajstić information content (AvgIpc) is 1.73. The van der Waals surface area contributed by atoms with Gasteiger partial charge in [-0.1, -0.05) is 0 Å². The summed E-state index contributed by atoms with van der Waals surface area (Å²) >= 11 is -0.759. The summed E-state index contributed by atoms with van der Waals surface area (Å²) in [5.41, 5.74) is 0. The van der Waals surface area contributed by atoms with E-state index in [-0.39, 0.29) is 6.08 Å². The Morgan fingerprint density at radius 1 is 1.20 bits per heavy atom. The van der Waals surface area contributed by atoms with Crippen molar-refractivity contribution in [1.82, 2.24) is 0 Å². The standard InChI is InChI=1S/C4HF5S/c5-2-1-3(6,7)4(8,9)10-2/h1H. The zero-order valence-corrected chi connectivity index (χ0v) is 5.19. The highest BCUT2D eigenvalue weighted by molar-refractivity contribution is 8.04. The Morgan fingerprint density at radius 3 is 1.80 bits per heavy atom. The fraction of sp³-hybridized carbons (Fsp3) is 0.500. The van der Waals surface area contributed by atoms with E-state index in [1.54, 1.807) is 0 Å². The Bertz CT molecular complexity index is 184. The Labute approximate surface area is 57.1 Å². The monoisotopic (exact) mass is 176 g/mol. The molecule has 1 rings (SSSR count). The number of hydrogen-bond donors (Lipinski definition) is 0. The van der Waals surface area contributed by atoms with Crippen molar-refractivity contribution in [3.05, 3.63) is 11.2 Å². The first-order valence-electron chi connectivity index (χ1n) is 2.18. The van der Waals surface area contributed by atoms with Crippen LogP contribution in [0, 0.1) is 0 Å². The lowest BCUT2D eigenvalue weighted by atomic mass is 10.3. The van der Waals surface area contributed by atoms with Gasteiger partial charge in [-0.2, -0.15) is 22.0 Å². The van der Waals surface area contributed by atoms with E-state index in [1.165, 1.54) is 0 Å². The van der Waals surface area contributed by atoms with Gasteiger partial charge in [-0.3, -0.25) is 0 Å². The van der Waals surface area contributed by atoms with E-state index >= 15 is 0 Å². The second kappa shape index (κ2) is 1.87. The van der Waals surface area contributed by atoms with E-state index in [4.69, 9.17) is 0 Å². The fourth-order valence-corrected chi connectivity index (χ4v) is 1.09. The first kappa shape index (κ1) is 7.84. The zero-order chi connectivity index (χ0) is 7.99. The van der Waals surface area contributed by atoms with Crippen LogP contribution < -0.4 is 0 Å². The van der Waals surface area contributed by atoms with Crippen LogP contribution in [0.3, 0.4) is 0 Å². The van der Waals surface area contributed by atoms with Crippen LogP contribution in [0.4, 0.5) is 22.0 Å². The highest BCUT2D eigenvalue weighted by Crippen LogP contribution is 2.53. The van der Waals surface area contributed by atoms with Crippen molar-refractivity contribution in [3.63, 3.8) is 0 Å². The average molecular weight is 176 g/mol. The number of allylic oxidation sites excluding steroid dienone is 1. The van der Waals surface area contributed by atoms with Crippen LogP contribution >= 0.6 is 11.8 Å². The highest BCUT2D eigenvalue weighted by Gasteiger charge is 2.61. The molecule has 0 unspecified atom stereocenters. The third-order valence-electron chi connectivity index (χ3n) is 0.908. The minimum atomic E-state index is -4.35. The second-order valence-electron chi connectivity index (χ2n) is 1.69. The molecule has 1 heterocycles. The van der Waals surface area contributed by atoms with Crippen LogP contribution in [0.15, 0.2) is 11.2 Å². The van der Waals surface area contributed by atoms with Gasteiger partial charge >= 0.3 is 11.2 Å². The van der Waals surface area contributed by atoms with E-state index in [9.17, 15) is 22.0 Å². The largest absolute Gasteiger partial charge is 0.366 e. The van der Waals surface area contributed by atoms with E-state index in [0.717, 1.165) is 0 Å². The molecule has 0 radical (unpaired) electrons. The molecule has 0 amide bonds. The van der Waals surface area contributed by atoms with E-state index in [0.29, 0.717) is 0 Å². The van der Waals surface area contributed by atoms with Gasteiger partial charge in [0.1, 0.15) is 0 Å². The van der Waals surface area contributed by atoms with Crippen LogP contribution in [0.1, 0.15) is 0 Å². The van der Waals surface area contributed by atoms with Crippen LogP contribution in [-0.4, -0.2) is 11.2 Å². The van der Waals surface area contributed by atoms with Gasteiger partial charge in [-0.15, -0.1) is 0 Å². The highest BCUT2D eigenvalue weighted by atomic mass is 32.2. The zero-order valence-electron chi connectivity index (χ0n) is 4.38. The molecular weight excluding hydrogens is 175 g/mol. The molecule has 1 aliphatic heterocycles. The third-order valence-corrected chi connectivity index (χ3v) is 1.75. The summed E-state index contributed by atoms with van der Waals surface area (Å²) in [7, 11) is 0. The van der Waals surface area contributed by atoms with Crippen LogP contribution in [0.25, 0.3) is 0 Å². The van der Waals surface area contributed by atoms with Gasteiger partial charge in [-0.25, -0.2) is 0 Å². The molecule has 10 heavy (non-hydrogen) atoms. The summed E-state index contributed by atoms with van der Waals surface area (Å²) in [6.45, 7) is 0. The molecule has 0 spiro atoms. The predicted molar refractivity (Wildman–Crippen MR) is 26.7 cm³/mol. The molecule has 0 saturated carbocycles. The maximum Gasteiger partial charge on any atom is 0.366 e. The van der Waals surface area contributed by atoms with Gasteiger partial charge in [-0.05, 0) is 11.8 Å². The lowest BCUT2D eigenvalue weighted by Crippen LogP contribution is -2.31. The molecule has 0 aromatic rings. The van der Waals surface area contributed by atoms with E-state index in [1.807, 2.05) is 0 Å². The summed E-state index contributed by atoms with van der Waals surface area (Å²) in [6.07, 6.45) is -0.377. The lowest BCUT2D eigenvalue weighted by Gasteiger charge is -2.14. The topological polar surface area (TPSA) is 0 Å². The molecule has 0 N–H and O–H groups in total. The number of thioether (sulfide) groups is 1. The molecule has 58 valence electrons. The van der Waals surface area contributed by atoms with Crippen molar-refractivity contribution in [2.45, 2.75) is 11.2 Å². The molecular formula is C4HF5S. The first-order chi connectivity index (χ1) is 4.35. The van der Waals surface area contributed by atoms with Crippen LogP contribution in [0.5, 0.6) is 0 Å². The first-order valence-corrected chi connectivity index (χ1v) is 3.00. The maximum absolute atomic E-state index is 11.9. The van der Waals surface area contributed by atoms with Crippen molar-refractivity contribution in [2.75, 3.05) is 0 Å². The van der Waals surface area contributed by atoms with Crippen molar-refractivity contribution in [1.29, 1.82) is 0 Å². The summed E-state index contributed by atoms with van der Waals surface area (Å²) < 4.78 is 59.3. The minimum Gasteiger partial charge on any atom is -0.199 e. The predicted octanol–water partition coefficient (Wildman–Crippen LogP) is 2.77. The lowest BCUT2D eigenvalue weighted by molar-refractivity contribution is -0.112. The summed E-state index contributed by atoms with van der Waals surface area (Å²) in [5.74, 6) is -4.35.